The molecule has 0 fully saturated rings. The van der Waals surface area contributed by atoms with Gasteiger partial charge in [0, 0.05) is 44.1 Å². The van der Waals surface area contributed by atoms with E-state index in [-0.39, 0.29) is 0 Å². The number of para-hydroxylation sites is 2. The standard InChI is InChI=1S/C40H22N2O2/c1-2-10-26-25(9-1)27(33-20-17-24-16-15-23-8-7-21-41-37(23)38(24)42-33)18-19-30(26)36-39-31(28-11-3-5-13-34(28)43-39)22-32-29-12-4-6-14-35(29)44-40(32)36/h1-22H. The van der Waals surface area contributed by atoms with Crippen LogP contribution in [0.2, 0.25) is 0 Å². The molecule has 0 saturated carbocycles. The van der Waals surface area contributed by atoms with Crippen LogP contribution < -0.4 is 0 Å². The fraction of sp³-hybridized carbons (Fsp3) is 0. The first-order chi connectivity index (χ1) is 21.8. The minimum Gasteiger partial charge on any atom is -0.455 e. The SMILES string of the molecule is c1cnc2c(c1)ccc1ccc(-c3ccc(-c4c5oc6ccccc6c5cc5c4oc4ccccc45)c4ccccc34)nc12. The molecule has 0 aliphatic heterocycles. The monoisotopic (exact) mass is 562 g/mol. The third kappa shape index (κ3) is 3.22. The number of hydrogen-bond acceptors (Lipinski definition) is 4. The number of nitrogens with zero attached hydrogens (tertiary/aromatic N) is 2. The number of benzene rings is 6. The van der Waals surface area contributed by atoms with Crippen molar-refractivity contribution in [3.8, 4) is 22.4 Å². The van der Waals surface area contributed by atoms with Crippen LogP contribution in [0, 0.1) is 0 Å². The fourth-order valence-corrected chi connectivity index (χ4v) is 6.90. The molecule has 6 aromatic carbocycles. The molecule has 0 aliphatic carbocycles. The summed E-state index contributed by atoms with van der Waals surface area (Å²) >= 11 is 0. The molecule has 4 heterocycles. The second-order valence-corrected chi connectivity index (χ2v) is 11.3. The maximum atomic E-state index is 6.62. The summed E-state index contributed by atoms with van der Waals surface area (Å²) in [5.74, 6) is 0. The molecule has 0 atom stereocenters. The third-order valence-electron chi connectivity index (χ3n) is 8.91. The van der Waals surface area contributed by atoms with Gasteiger partial charge in [-0.05, 0) is 46.7 Å². The van der Waals surface area contributed by atoms with Gasteiger partial charge in [0.15, 0.2) is 0 Å². The molecule has 0 bridgehead atoms. The average molecular weight is 563 g/mol. The van der Waals surface area contributed by atoms with E-state index in [0.717, 1.165) is 98.8 Å². The second kappa shape index (κ2) is 8.76. The van der Waals surface area contributed by atoms with E-state index < -0.39 is 0 Å². The molecule has 0 radical (unpaired) electrons. The van der Waals surface area contributed by atoms with Crippen LogP contribution in [0.5, 0.6) is 0 Å². The Morgan fingerprint density at radius 1 is 0.432 bits per heavy atom. The van der Waals surface area contributed by atoms with Crippen LogP contribution in [0.4, 0.5) is 0 Å². The Bertz CT molecular complexity index is 2700. The van der Waals surface area contributed by atoms with Crippen molar-refractivity contribution < 1.29 is 8.83 Å². The lowest BCUT2D eigenvalue weighted by molar-refractivity contribution is 0.658. The summed E-state index contributed by atoms with van der Waals surface area (Å²) < 4.78 is 13.2. The zero-order chi connectivity index (χ0) is 28.8. The molecule has 0 spiro atoms. The normalized spacial score (nSPS) is 12.1. The zero-order valence-corrected chi connectivity index (χ0v) is 23.4. The number of hydrogen-bond donors (Lipinski definition) is 0. The molecular formula is C40H22N2O2. The maximum Gasteiger partial charge on any atom is 0.147 e. The highest BCUT2D eigenvalue weighted by atomic mass is 16.3. The van der Waals surface area contributed by atoms with Crippen molar-refractivity contribution in [2.24, 2.45) is 0 Å². The molecule has 0 unspecified atom stereocenters. The summed E-state index contributed by atoms with van der Waals surface area (Å²) in [6.45, 7) is 0. The van der Waals surface area contributed by atoms with E-state index in [4.69, 9.17) is 13.8 Å². The van der Waals surface area contributed by atoms with Gasteiger partial charge < -0.3 is 8.83 Å². The topological polar surface area (TPSA) is 52.1 Å². The predicted molar refractivity (Wildman–Crippen MR) is 180 cm³/mol. The maximum absolute atomic E-state index is 6.62. The molecule has 0 aliphatic rings. The summed E-state index contributed by atoms with van der Waals surface area (Å²) in [4.78, 5) is 9.85. The molecule has 4 heteroatoms. The van der Waals surface area contributed by atoms with Gasteiger partial charge in [-0.25, -0.2) is 4.98 Å². The Morgan fingerprint density at radius 2 is 1.00 bits per heavy atom. The Labute approximate surface area is 250 Å². The lowest BCUT2D eigenvalue weighted by Crippen LogP contribution is -1.91. The lowest BCUT2D eigenvalue weighted by atomic mass is 9.91. The van der Waals surface area contributed by atoms with Crippen molar-refractivity contribution in [3.63, 3.8) is 0 Å². The van der Waals surface area contributed by atoms with E-state index in [1.807, 2.05) is 36.5 Å². The molecule has 204 valence electrons. The molecule has 0 saturated heterocycles. The highest BCUT2D eigenvalue weighted by Gasteiger charge is 2.23. The molecule has 44 heavy (non-hydrogen) atoms. The number of aromatic nitrogens is 2. The van der Waals surface area contributed by atoms with Gasteiger partial charge in [0.2, 0.25) is 0 Å². The summed E-state index contributed by atoms with van der Waals surface area (Å²) in [5, 5.41) is 8.73. The number of rotatable bonds is 2. The van der Waals surface area contributed by atoms with Gasteiger partial charge in [-0.1, -0.05) is 97.1 Å². The molecule has 0 amide bonds. The minimum absolute atomic E-state index is 0.831. The lowest BCUT2D eigenvalue weighted by Gasteiger charge is -2.13. The smallest absolute Gasteiger partial charge is 0.147 e. The van der Waals surface area contributed by atoms with Crippen LogP contribution in [0.1, 0.15) is 0 Å². The molecule has 10 aromatic rings. The van der Waals surface area contributed by atoms with Gasteiger partial charge in [0.25, 0.3) is 0 Å². The van der Waals surface area contributed by atoms with Gasteiger partial charge in [-0.2, -0.15) is 0 Å². The molecule has 4 aromatic heterocycles. The highest BCUT2D eigenvalue weighted by Crippen LogP contribution is 2.47. The van der Waals surface area contributed by atoms with Crippen LogP contribution in [0.3, 0.4) is 0 Å². The van der Waals surface area contributed by atoms with E-state index in [0.29, 0.717) is 0 Å². The number of furan rings is 2. The Balaban J connectivity index is 1.30. The summed E-state index contributed by atoms with van der Waals surface area (Å²) in [6.07, 6.45) is 1.83. The first-order valence-corrected chi connectivity index (χ1v) is 14.7. The first kappa shape index (κ1) is 23.6. The van der Waals surface area contributed by atoms with E-state index in [1.54, 1.807) is 0 Å². The Kier molecular flexibility index (Phi) is 4.69. The van der Waals surface area contributed by atoms with Crippen LogP contribution >= 0.6 is 0 Å². The summed E-state index contributed by atoms with van der Waals surface area (Å²) in [7, 11) is 0. The van der Waals surface area contributed by atoms with E-state index in [1.165, 1.54) is 0 Å². The van der Waals surface area contributed by atoms with E-state index in [2.05, 4.69) is 102 Å². The number of pyridine rings is 2. The molecule has 0 N–H and O–H groups in total. The fourth-order valence-electron chi connectivity index (χ4n) is 6.90. The van der Waals surface area contributed by atoms with E-state index in [9.17, 15) is 0 Å². The van der Waals surface area contributed by atoms with Gasteiger partial charge in [0.05, 0.1) is 22.3 Å². The number of fused-ring (bicyclic) bond motifs is 10. The first-order valence-electron chi connectivity index (χ1n) is 14.7. The predicted octanol–water partition coefficient (Wildman–Crippen LogP) is 11.1. The quantitative estimate of drug-likeness (QED) is 0.197. The van der Waals surface area contributed by atoms with Crippen molar-refractivity contribution in [2.45, 2.75) is 0 Å². The van der Waals surface area contributed by atoms with Crippen LogP contribution in [-0.2, 0) is 0 Å². The molecular weight excluding hydrogens is 540 g/mol. The van der Waals surface area contributed by atoms with Crippen LogP contribution in [-0.4, -0.2) is 9.97 Å². The molecule has 4 nitrogen and oxygen atoms in total. The Hall–Kier alpha value is -6.00. The minimum atomic E-state index is 0.831. The summed E-state index contributed by atoms with van der Waals surface area (Å²) in [6, 6.07) is 44.1. The van der Waals surface area contributed by atoms with Crippen LogP contribution in [0.25, 0.3) is 98.8 Å². The second-order valence-electron chi connectivity index (χ2n) is 11.3. The van der Waals surface area contributed by atoms with Crippen molar-refractivity contribution in [1.29, 1.82) is 0 Å². The van der Waals surface area contributed by atoms with Gasteiger partial charge in [-0.3, -0.25) is 4.98 Å². The van der Waals surface area contributed by atoms with Gasteiger partial charge in [0.1, 0.15) is 22.3 Å². The largest absolute Gasteiger partial charge is 0.455 e. The van der Waals surface area contributed by atoms with Gasteiger partial charge >= 0.3 is 0 Å². The van der Waals surface area contributed by atoms with E-state index >= 15 is 0 Å². The zero-order valence-electron chi connectivity index (χ0n) is 23.4. The molecule has 10 rings (SSSR count). The van der Waals surface area contributed by atoms with Crippen molar-refractivity contribution in [3.05, 3.63) is 134 Å². The van der Waals surface area contributed by atoms with Crippen molar-refractivity contribution >= 4 is 76.5 Å². The van der Waals surface area contributed by atoms with Crippen LogP contribution in [0.15, 0.2) is 142 Å². The van der Waals surface area contributed by atoms with Crippen molar-refractivity contribution in [1.82, 2.24) is 9.97 Å². The van der Waals surface area contributed by atoms with Crippen molar-refractivity contribution in [2.75, 3.05) is 0 Å². The highest BCUT2D eigenvalue weighted by molar-refractivity contribution is 6.24. The Morgan fingerprint density at radius 3 is 1.70 bits per heavy atom. The van der Waals surface area contributed by atoms with Gasteiger partial charge in [-0.15, -0.1) is 0 Å². The average Bonchev–Trinajstić information content (AvgIpc) is 3.65. The third-order valence-corrected chi connectivity index (χ3v) is 8.91. The summed E-state index contributed by atoms with van der Waals surface area (Å²) in [5.41, 5.74) is 9.22.